The van der Waals surface area contributed by atoms with E-state index in [1.165, 1.54) is 0 Å². The minimum absolute atomic E-state index is 0.0180. The number of fused-ring (bicyclic) bond motifs is 2. The number of rotatable bonds is 6. The Labute approximate surface area is 185 Å². The maximum absolute atomic E-state index is 13.6. The molecule has 31 heavy (non-hydrogen) atoms. The summed E-state index contributed by atoms with van der Waals surface area (Å²) in [5, 5.41) is 3.51. The molecule has 1 aliphatic heterocycles. The fourth-order valence-corrected chi connectivity index (χ4v) is 4.10. The van der Waals surface area contributed by atoms with E-state index in [4.69, 9.17) is 21.1 Å². The average Bonchev–Trinajstić information content (AvgIpc) is 2.77. The molecule has 0 saturated heterocycles. The summed E-state index contributed by atoms with van der Waals surface area (Å²) in [5.74, 6) is 0.0633. The molecule has 0 aromatic heterocycles. The highest BCUT2D eigenvalue weighted by molar-refractivity contribution is 6.31. The van der Waals surface area contributed by atoms with Crippen molar-refractivity contribution in [1.82, 2.24) is 5.32 Å². The van der Waals surface area contributed by atoms with Crippen molar-refractivity contribution in [2.24, 2.45) is 0 Å². The topological polar surface area (TPSA) is 64.6 Å². The van der Waals surface area contributed by atoms with Gasteiger partial charge in [0.25, 0.3) is 0 Å². The van der Waals surface area contributed by atoms with Crippen LogP contribution in [0.25, 0.3) is 0 Å². The van der Waals surface area contributed by atoms with E-state index in [9.17, 15) is 9.59 Å². The zero-order chi connectivity index (χ0) is 21.8. The Kier molecular flexibility index (Phi) is 6.23. The van der Waals surface area contributed by atoms with Crippen molar-refractivity contribution in [3.63, 3.8) is 0 Å². The number of carbonyl (C=O) groups excluding carboxylic acids is 2. The second-order valence-electron chi connectivity index (χ2n) is 7.20. The van der Waals surface area contributed by atoms with Crippen LogP contribution in [0.2, 0.25) is 5.02 Å². The number of para-hydroxylation sites is 2. The molecule has 0 bridgehead atoms. The van der Waals surface area contributed by atoms with Crippen molar-refractivity contribution in [1.29, 1.82) is 0 Å². The summed E-state index contributed by atoms with van der Waals surface area (Å²) in [6, 6.07) is 21.5. The van der Waals surface area contributed by atoms with Crippen LogP contribution >= 0.6 is 11.6 Å². The third kappa shape index (κ3) is 4.42. The Balaban J connectivity index is 1.69. The molecule has 1 heterocycles. The highest BCUT2D eigenvalue weighted by Gasteiger charge is 2.34. The third-order valence-electron chi connectivity index (χ3n) is 5.22. The van der Waals surface area contributed by atoms with E-state index in [2.05, 4.69) is 5.32 Å². The van der Waals surface area contributed by atoms with Gasteiger partial charge in [-0.2, -0.15) is 0 Å². The zero-order valence-corrected chi connectivity index (χ0v) is 17.8. The van der Waals surface area contributed by atoms with E-state index in [1.54, 1.807) is 25.1 Å². The van der Waals surface area contributed by atoms with Crippen molar-refractivity contribution in [2.75, 3.05) is 6.61 Å². The van der Waals surface area contributed by atoms with E-state index < -0.39 is 17.9 Å². The Hall–Kier alpha value is -3.31. The lowest BCUT2D eigenvalue weighted by Gasteiger charge is -2.29. The molecule has 0 aliphatic carbocycles. The van der Waals surface area contributed by atoms with Crippen LogP contribution in [0.1, 0.15) is 42.0 Å². The quantitative estimate of drug-likeness (QED) is 0.527. The number of amides is 1. The Bertz CT molecular complexity index is 1070. The Morgan fingerprint density at radius 2 is 1.55 bits per heavy atom. The summed E-state index contributed by atoms with van der Waals surface area (Å²) >= 11 is 6.39. The van der Waals surface area contributed by atoms with Gasteiger partial charge in [0.05, 0.1) is 25.0 Å². The normalized spacial score (nSPS) is 13.4. The number of benzene rings is 3. The predicted molar refractivity (Wildman–Crippen MR) is 118 cm³/mol. The van der Waals surface area contributed by atoms with Gasteiger partial charge in [-0.05, 0) is 30.7 Å². The van der Waals surface area contributed by atoms with Gasteiger partial charge in [-0.3, -0.25) is 9.59 Å². The van der Waals surface area contributed by atoms with E-state index in [-0.39, 0.29) is 18.9 Å². The van der Waals surface area contributed by atoms with Crippen molar-refractivity contribution >= 4 is 23.5 Å². The van der Waals surface area contributed by atoms with Crippen molar-refractivity contribution in [2.45, 2.75) is 25.3 Å². The summed E-state index contributed by atoms with van der Waals surface area (Å²) in [7, 11) is 0. The van der Waals surface area contributed by atoms with E-state index >= 15 is 0 Å². The molecule has 158 valence electrons. The first-order chi connectivity index (χ1) is 15.1. The Morgan fingerprint density at radius 1 is 0.968 bits per heavy atom. The minimum Gasteiger partial charge on any atom is -0.466 e. The number of esters is 1. The van der Waals surface area contributed by atoms with Crippen molar-refractivity contribution in [3.8, 4) is 11.5 Å². The number of nitrogens with one attached hydrogen (secondary N) is 1. The predicted octanol–water partition coefficient (Wildman–Crippen LogP) is 5.39. The minimum atomic E-state index is -0.623. The molecule has 0 spiro atoms. The van der Waals surface area contributed by atoms with Crippen LogP contribution in [0.3, 0.4) is 0 Å². The second kappa shape index (κ2) is 9.23. The summed E-state index contributed by atoms with van der Waals surface area (Å²) in [5.41, 5.74) is 2.21. The van der Waals surface area contributed by atoms with Gasteiger partial charge in [-0.1, -0.05) is 66.2 Å². The molecule has 0 fully saturated rings. The summed E-state index contributed by atoms with van der Waals surface area (Å²) in [4.78, 5) is 25.9. The number of halogens is 1. The SMILES string of the molecule is CCOC(=O)C[C@H](NC(=O)C1c2ccccc2Oc2ccccc21)c1ccccc1Cl. The molecule has 0 radical (unpaired) electrons. The molecule has 3 aromatic carbocycles. The molecule has 0 unspecified atom stereocenters. The van der Waals surface area contributed by atoms with Crippen molar-refractivity contribution in [3.05, 3.63) is 94.5 Å². The number of hydrogen-bond acceptors (Lipinski definition) is 4. The molecule has 3 aromatic rings. The van der Waals surface area contributed by atoms with E-state index in [0.29, 0.717) is 22.1 Å². The largest absolute Gasteiger partial charge is 0.466 e. The fraction of sp³-hybridized carbons (Fsp3) is 0.200. The van der Waals surface area contributed by atoms with E-state index in [1.807, 2.05) is 54.6 Å². The maximum Gasteiger partial charge on any atom is 0.308 e. The van der Waals surface area contributed by atoms with Crippen LogP contribution in [-0.4, -0.2) is 18.5 Å². The molecule has 1 atom stereocenters. The summed E-state index contributed by atoms with van der Waals surface area (Å²) < 4.78 is 11.1. The lowest BCUT2D eigenvalue weighted by atomic mass is 9.86. The van der Waals surface area contributed by atoms with Gasteiger partial charge in [0, 0.05) is 16.1 Å². The summed E-state index contributed by atoms with van der Waals surface area (Å²) in [6.45, 7) is 2.01. The van der Waals surface area contributed by atoms with Gasteiger partial charge in [0.2, 0.25) is 5.91 Å². The highest BCUT2D eigenvalue weighted by atomic mass is 35.5. The fourth-order valence-electron chi connectivity index (χ4n) is 3.83. The first-order valence-corrected chi connectivity index (χ1v) is 10.5. The van der Waals surface area contributed by atoms with Crippen LogP contribution in [0.15, 0.2) is 72.8 Å². The molecule has 1 N–H and O–H groups in total. The first kappa shape index (κ1) is 20.9. The van der Waals surface area contributed by atoms with Gasteiger partial charge >= 0.3 is 5.97 Å². The average molecular weight is 436 g/mol. The van der Waals surface area contributed by atoms with E-state index in [0.717, 1.165) is 11.1 Å². The molecule has 5 nitrogen and oxygen atoms in total. The third-order valence-corrected chi connectivity index (χ3v) is 5.56. The first-order valence-electron chi connectivity index (χ1n) is 10.1. The van der Waals surface area contributed by atoms with Crippen LogP contribution in [-0.2, 0) is 14.3 Å². The second-order valence-corrected chi connectivity index (χ2v) is 7.61. The number of hydrogen-bond donors (Lipinski definition) is 1. The van der Waals surface area contributed by atoms with Crippen LogP contribution in [0, 0.1) is 0 Å². The highest BCUT2D eigenvalue weighted by Crippen LogP contribution is 2.44. The summed E-state index contributed by atoms with van der Waals surface area (Å²) in [6.07, 6.45) is -0.0180. The standard InChI is InChI=1S/C25H22ClNO4/c1-2-30-23(28)15-20(16-9-3-6-12-19(16)26)27-25(29)24-17-10-4-7-13-21(17)31-22-14-8-5-11-18(22)24/h3-14,20,24H,2,15H2,1H3,(H,27,29)/t20-/m0/s1. The van der Waals surface area contributed by atoms with Gasteiger partial charge < -0.3 is 14.8 Å². The van der Waals surface area contributed by atoms with Gasteiger partial charge in [-0.25, -0.2) is 0 Å². The molecule has 1 aliphatic rings. The van der Waals surface area contributed by atoms with Crippen LogP contribution in [0.5, 0.6) is 11.5 Å². The molecule has 6 heteroatoms. The Morgan fingerprint density at radius 3 is 2.16 bits per heavy atom. The number of ether oxygens (including phenoxy) is 2. The molecular weight excluding hydrogens is 414 g/mol. The monoisotopic (exact) mass is 435 g/mol. The number of carbonyl (C=O) groups is 2. The molecule has 0 saturated carbocycles. The zero-order valence-electron chi connectivity index (χ0n) is 17.0. The molecular formula is C25H22ClNO4. The van der Waals surface area contributed by atoms with Crippen LogP contribution in [0.4, 0.5) is 0 Å². The molecule has 4 rings (SSSR count). The lowest BCUT2D eigenvalue weighted by molar-refractivity contribution is -0.143. The van der Waals surface area contributed by atoms with Crippen molar-refractivity contribution < 1.29 is 19.1 Å². The smallest absolute Gasteiger partial charge is 0.308 e. The molecule has 1 amide bonds. The van der Waals surface area contributed by atoms with Gasteiger partial charge in [0.15, 0.2) is 0 Å². The van der Waals surface area contributed by atoms with Gasteiger partial charge in [0.1, 0.15) is 11.5 Å². The van der Waals surface area contributed by atoms with Crippen LogP contribution < -0.4 is 10.1 Å². The van der Waals surface area contributed by atoms with Gasteiger partial charge in [-0.15, -0.1) is 0 Å². The lowest BCUT2D eigenvalue weighted by Crippen LogP contribution is -2.36. The maximum atomic E-state index is 13.6.